The molecule has 3 aromatic rings. The van der Waals surface area contributed by atoms with Gasteiger partial charge in [0.2, 0.25) is 10.0 Å². The molecule has 24 heavy (non-hydrogen) atoms. The van der Waals surface area contributed by atoms with Crippen LogP contribution in [0.3, 0.4) is 0 Å². The van der Waals surface area contributed by atoms with E-state index < -0.39 is 15.8 Å². The molecule has 0 fully saturated rings. The molecule has 126 valence electrons. The molecule has 0 amide bonds. The van der Waals surface area contributed by atoms with E-state index in [1.165, 1.54) is 18.2 Å². The van der Waals surface area contributed by atoms with Crippen LogP contribution in [0.1, 0.15) is 18.2 Å². The maximum Gasteiger partial charge on any atom is 0.216 e. The van der Waals surface area contributed by atoms with Gasteiger partial charge in [-0.1, -0.05) is 36.4 Å². The summed E-state index contributed by atoms with van der Waals surface area (Å²) in [6, 6.07) is 15.0. The Bertz CT molecular complexity index is 917. The highest BCUT2D eigenvalue weighted by Crippen LogP contribution is 2.20. The molecule has 1 aromatic heterocycles. The van der Waals surface area contributed by atoms with Crippen LogP contribution in [0.5, 0.6) is 0 Å². The molecule has 1 N–H and O–H groups in total. The lowest BCUT2D eigenvalue weighted by molar-refractivity contribution is 0.503. The number of hydrogen-bond donors (Lipinski definition) is 1. The number of furan rings is 1. The molecule has 0 radical (unpaired) electrons. The van der Waals surface area contributed by atoms with Crippen LogP contribution < -0.4 is 4.72 Å². The van der Waals surface area contributed by atoms with E-state index in [0.717, 1.165) is 11.0 Å². The number of rotatable bonds is 6. The van der Waals surface area contributed by atoms with Crippen LogP contribution in [0.2, 0.25) is 0 Å². The van der Waals surface area contributed by atoms with Crippen molar-refractivity contribution in [1.29, 1.82) is 0 Å². The van der Waals surface area contributed by atoms with Crippen LogP contribution in [-0.2, 0) is 22.2 Å². The van der Waals surface area contributed by atoms with Crippen molar-refractivity contribution in [3.8, 4) is 0 Å². The van der Waals surface area contributed by atoms with Crippen molar-refractivity contribution >= 4 is 21.0 Å². The molecule has 0 spiro atoms. The van der Waals surface area contributed by atoms with E-state index in [0.29, 0.717) is 12.2 Å². The van der Waals surface area contributed by atoms with Crippen molar-refractivity contribution < 1.29 is 17.2 Å². The maximum absolute atomic E-state index is 13.6. The monoisotopic (exact) mass is 347 g/mol. The van der Waals surface area contributed by atoms with Gasteiger partial charge in [-0.05, 0) is 25.1 Å². The second kappa shape index (κ2) is 6.75. The predicted molar refractivity (Wildman–Crippen MR) is 91.5 cm³/mol. The molecule has 4 nitrogen and oxygen atoms in total. The zero-order valence-electron chi connectivity index (χ0n) is 13.2. The SMILES string of the molecule is CC(Cc1cc2ccccc2o1)NS(=O)(=O)Cc1ccccc1F. The first-order valence-corrected chi connectivity index (χ1v) is 9.29. The molecule has 0 aliphatic heterocycles. The Labute approximate surface area is 140 Å². The van der Waals surface area contributed by atoms with Gasteiger partial charge in [0.15, 0.2) is 0 Å². The molecule has 1 heterocycles. The van der Waals surface area contributed by atoms with E-state index in [1.807, 2.05) is 30.3 Å². The maximum atomic E-state index is 13.6. The molecule has 6 heteroatoms. The number of sulfonamides is 1. The van der Waals surface area contributed by atoms with Gasteiger partial charge in [0, 0.05) is 23.4 Å². The summed E-state index contributed by atoms with van der Waals surface area (Å²) in [7, 11) is -3.64. The van der Waals surface area contributed by atoms with Gasteiger partial charge >= 0.3 is 0 Å². The third-order valence-corrected chi connectivity index (χ3v) is 5.12. The molecule has 0 saturated heterocycles. The van der Waals surface area contributed by atoms with Crippen LogP contribution in [0.4, 0.5) is 4.39 Å². The highest BCUT2D eigenvalue weighted by molar-refractivity contribution is 7.88. The van der Waals surface area contributed by atoms with Gasteiger partial charge in [0.05, 0.1) is 5.75 Å². The second-order valence-electron chi connectivity index (χ2n) is 5.82. The third kappa shape index (κ3) is 4.01. The zero-order chi connectivity index (χ0) is 17.2. The van der Waals surface area contributed by atoms with E-state index in [9.17, 15) is 12.8 Å². The topological polar surface area (TPSA) is 59.3 Å². The lowest BCUT2D eigenvalue weighted by atomic mass is 10.2. The minimum atomic E-state index is -3.64. The van der Waals surface area contributed by atoms with Crippen molar-refractivity contribution in [3.05, 3.63) is 71.7 Å². The lowest BCUT2D eigenvalue weighted by Crippen LogP contribution is -2.35. The van der Waals surface area contributed by atoms with Gasteiger partial charge in [0.25, 0.3) is 0 Å². The highest BCUT2D eigenvalue weighted by Gasteiger charge is 2.18. The Balaban J connectivity index is 1.67. The molecule has 0 aliphatic rings. The molecule has 0 aliphatic carbocycles. The minimum absolute atomic E-state index is 0.154. The van der Waals surface area contributed by atoms with Crippen LogP contribution in [0, 0.1) is 5.82 Å². The molecule has 2 aromatic carbocycles. The van der Waals surface area contributed by atoms with Crippen molar-refractivity contribution in [2.45, 2.75) is 25.1 Å². The van der Waals surface area contributed by atoms with Gasteiger partial charge < -0.3 is 4.42 Å². The standard InChI is InChI=1S/C18H18FNO3S/c1-13(10-16-11-14-6-3-5-9-18(14)23-16)20-24(21,22)12-15-7-2-4-8-17(15)19/h2-9,11,13,20H,10,12H2,1H3. The number of hydrogen-bond acceptors (Lipinski definition) is 3. The van der Waals surface area contributed by atoms with Crippen molar-refractivity contribution in [3.63, 3.8) is 0 Å². The van der Waals surface area contributed by atoms with Gasteiger partial charge in [-0.3, -0.25) is 0 Å². The summed E-state index contributed by atoms with van der Waals surface area (Å²) in [4.78, 5) is 0. The number of benzene rings is 2. The van der Waals surface area contributed by atoms with Crippen LogP contribution in [0.25, 0.3) is 11.0 Å². The van der Waals surface area contributed by atoms with Crippen molar-refractivity contribution in [2.75, 3.05) is 0 Å². The Hall–Kier alpha value is -2.18. The van der Waals surface area contributed by atoms with E-state index >= 15 is 0 Å². The number of para-hydroxylation sites is 1. The number of nitrogens with one attached hydrogen (secondary N) is 1. The highest BCUT2D eigenvalue weighted by atomic mass is 32.2. The lowest BCUT2D eigenvalue weighted by Gasteiger charge is -2.13. The first kappa shape index (κ1) is 16.7. The fraction of sp³-hybridized carbons (Fsp3) is 0.222. The third-order valence-electron chi connectivity index (χ3n) is 3.67. The van der Waals surface area contributed by atoms with E-state index in [-0.39, 0.29) is 17.4 Å². The second-order valence-corrected chi connectivity index (χ2v) is 7.58. The quantitative estimate of drug-likeness (QED) is 0.741. The normalized spacial score (nSPS) is 13.2. The molecule has 0 bridgehead atoms. The Morgan fingerprint density at radius 2 is 1.83 bits per heavy atom. The predicted octanol–water partition coefficient (Wildman–Crippen LogP) is 3.62. The Kier molecular flexibility index (Phi) is 4.69. The van der Waals surface area contributed by atoms with Crippen LogP contribution >= 0.6 is 0 Å². The summed E-state index contributed by atoms with van der Waals surface area (Å²) in [5.74, 6) is -0.199. The van der Waals surface area contributed by atoms with Gasteiger partial charge in [-0.25, -0.2) is 17.5 Å². The Morgan fingerprint density at radius 1 is 1.12 bits per heavy atom. The van der Waals surface area contributed by atoms with Gasteiger partial charge in [-0.15, -0.1) is 0 Å². The fourth-order valence-electron chi connectivity index (χ4n) is 2.65. The zero-order valence-corrected chi connectivity index (χ0v) is 14.0. The van der Waals surface area contributed by atoms with E-state index in [2.05, 4.69) is 4.72 Å². The summed E-state index contributed by atoms with van der Waals surface area (Å²) >= 11 is 0. The molecular weight excluding hydrogens is 329 g/mol. The first-order chi connectivity index (χ1) is 11.4. The van der Waals surface area contributed by atoms with E-state index in [4.69, 9.17) is 4.42 Å². The minimum Gasteiger partial charge on any atom is -0.461 e. The smallest absolute Gasteiger partial charge is 0.216 e. The molecule has 0 saturated carbocycles. The van der Waals surface area contributed by atoms with Gasteiger partial charge in [0.1, 0.15) is 17.2 Å². The summed E-state index contributed by atoms with van der Waals surface area (Å²) in [5.41, 5.74) is 0.926. The van der Waals surface area contributed by atoms with Gasteiger partial charge in [-0.2, -0.15) is 0 Å². The number of fused-ring (bicyclic) bond motifs is 1. The molecular formula is C18H18FNO3S. The molecule has 1 atom stereocenters. The summed E-state index contributed by atoms with van der Waals surface area (Å²) in [5, 5.41) is 0.980. The van der Waals surface area contributed by atoms with Crippen LogP contribution in [-0.4, -0.2) is 14.5 Å². The Morgan fingerprint density at radius 3 is 2.58 bits per heavy atom. The van der Waals surface area contributed by atoms with Crippen LogP contribution in [0.15, 0.2) is 59.0 Å². The summed E-state index contributed by atoms with van der Waals surface area (Å²) < 4.78 is 46.3. The average molecular weight is 347 g/mol. The van der Waals surface area contributed by atoms with Crippen molar-refractivity contribution in [1.82, 2.24) is 4.72 Å². The first-order valence-electron chi connectivity index (χ1n) is 7.64. The molecule has 3 rings (SSSR count). The molecule has 1 unspecified atom stereocenters. The fourth-order valence-corrected chi connectivity index (χ4v) is 4.07. The largest absolute Gasteiger partial charge is 0.461 e. The van der Waals surface area contributed by atoms with E-state index in [1.54, 1.807) is 13.0 Å². The summed E-state index contributed by atoms with van der Waals surface area (Å²) in [6.45, 7) is 1.76. The summed E-state index contributed by atoms with van der Waals surface area (Å²) in [6.07, 6.45) is 0.422. The van der Waals surface area contributed by atoms with Crippen molar-refractivity contribution in [2.24, 2.45) is 0 Å². The number of halogens is 1. The average Bonchev–Trinajstić information content (AvgIpc) is 2.90.